The number of halogens is 1. The number of fused-ring (bicyclic) bond motifs is 2. The largest absolute Gasteiger partial charge is 0.492 e. The zero-order valence-corrected chi connectivity index (χ0v) is 13.4. The van der Waals surface area contributed by atoms with Crippen LogP contribution >= 0.6 is 11.6 Å². The first-order valence-electron chi connectivity index (χ1n) is 7.59. The van der Waals surface area contributed by atoms with Gasteiger partial charge < -0.3 is 10.1 Å². The van der Waals surface area contributed by atoms with Crippen molar-refractivity contribution in [3.8, 4) is 5.75 Å². The fourth-order valence-electron chi connectivity index (χ4n) is 2.87. The number of nitrogens with one attached hydrogen (secondary N) is 1. The molecule has 1 atom stereocenters. The van der Waals surface area contributed by atoms with E-state index in [4.69, 9.17) is 16.3 Å². The van der Waals surface area contributed by atoms with Crippen molar-refractivity contribution in [2.24, 2.45) is 0 Å². The lowest BCUT2D eigenvalue weighted by atomic mass is 10.0. The van der Waals surface area contributed by atoms with Crippen LogP contribution in [0.1, 0.15) is 30.3 Å². The second-order valence-corrected chi connectivity index (χ2v) is 5.99. The summed E-state index contributed by atoms with van der Waals surface area (Å²) in [5.41, 5.74) is 1.80. The Kier molecular flexibility index (Phi) is 3.53. The molecule has 118 valence electrons. The maximum atomic E-state index is 6.28. The Morgan fingerprint density at radius 2 is 2.17 bits per heavy atom. The van der Waals surface area contributed by atoms with Gasteiger partial charge in [-0.15, -0.1) is 15.3 Å². The van der Waals surface area contributed by atoms with Crippen LogP contribution in [0.5, 0.6) is 5.75 Å². The highest BCUT2D eigenvalue weighted by atomic mass is 35.5. The second kappa shape index (κ2) is 5.70. The van der Waals surface area contributed by atoms with Crippen molar-refractivity contribution < 1.29 is 4.74 Å². The minimum absolute atomic E-state index is 0.105. The monoisotopic (exact) mass is 329 g/mol. The summed E-state index contributed by atoms with van der Waals surface area (Å²) in [6, 6.07) is 9.78. The number of para-hydroxylation sites is 1. The molecule has 1 aliphatic heterocycles. The first-order chi connectivity index (χ1) is 11.2. The number of nitrogens with zero attached hydrogens (tertiary/aromatic N) is 4. The van der Waals surface area contributed by atoms with Gasteiger partial charge in [-0.2, -0.15) is 4.52 Å². The van der Waals surface area contributed by atoms with Gasteiger partial charge in [0.1, 0.15) is 11.6 Å². The van der Waals surface area contributed by atoms with Crippen molar-refractivity contribution in [3.05, 3.63) is 46.7 Å². The number of anilines is 1. The van der Waals surface area contributed by atoms with E-state index in [1.807, 2.05) is 37.3 Å². The van der Waals surface area contributed by atoms with Crippen LogP contribution < -0.4 is 10.1 Å². The van der Waals surface area contributed by atoms with E-state index < -0.39 is 0 Å². The highest BCUT2D eigenvalue weighted by molar-refractivity contribution is 6.32. The van der Waals surface area contributed by atoms with E-state index in [9.17, 15) is 0 Å². The van der Waals surface area contributed by atoms with Crippen LogP contribution in [0.4, 0.5) is 5.82 Å². The molecule has 4 rings (SSSR count). The van der Waals surface area contributed by atoms with Crippen LogP contribution in [-0.4, -0.2) is 26.4 Å². The van der Waals surface area contributed by atoms with Gasteiger partial charge in [0.2, 0.25) is 0 Å². The molecule has 0 aliphatic carbocycles. The molecule has 6 nitrogen and oxygen atoms in total. The Bertz CT molecular complexity index is 863. The van der Waals surface area contributed by atoms with E-state index in [-0.39, 0.29) is 6.04 Å². The minimum atomic E-state index is 0.105. The lowest BCUT2D eigenvalue weighted by molar-refractivity contribution is 0.316. The lowest BCUT2D eigenvalue weighted by Gasteiger charge is -2.19. The van der Waals surface area contributed by atoms with Crippen LogP contribution in [0.25, 0.3) is 5.65 Å². The maximum Gasteiger partial charge on any atom is 0.178 e. The third-order valence-corrected chi connectivity index (χ3v) is 4.29. The van der Waals surface area contributed by atoms with Crippen LogP contribution in [0.2, 0.25) is 5.02 Å². The van der Waals surface area contributed by atoms with Gasteiger partial charge in [0.15, 0.2) is 11.5 Å². The average molecular weight is 330 g/mol. The summed E-state index contributed by atoms with van der Waals surface area (Å²) >= 11 is 6.28. The van der Waals surface area contributed by atoms with Gasteiger partial charge in [-0.25, -0.2) is 0 Å². The van der Waals surface area contributed by atoms with Gasteiger partial charge in [0, 0.05) is 5.56 Å². The van der Waals surface area contributed by atoms with Crippen molar-refractivity contribution in [2.75, 3.05) is 11.9 Å². The van der Waals surface area contributed by atoms with Crippen molar-refractivity contribution in [1.82, 2.24) is 19.8 Å². The van der Waals surface area contributed by atoms with Gasteiger partial charge in [-0.1, -0.05) is 23.7 Å². The highest BCUT2D eigenvalue weighted by Gasteiger charge is 2.22. The Morgan fingerprint density at radius 3 is 3.09 bits per heavy atom. The van der Waals surface area contributed by atoms with Gasteiger partial charge in [-0.3, -0.25) is 0 Å². The summed E-state index contributed by atoms with van der Waals surface area (Å²) in [5.74, 6) is 2.31. The van der Waals surface area contributed by atoms with Gasteiger partial charge >= 0.3 is 0 Å². The van der Waals surface area contributed by atoms with Gasteiger partial charge in [-0.05, 0) is 38.0 Å². The molecule has 0 radical (unpaired) electrons. The summed E-state index contributed by atoms with van der Waals surface area (Å²) in [7, 11) is 0. The van der Waals surface area contributed by atoms with E-state index >= 15 is 0 Å². The molecular weight excluding hydrogens is 314 g/mol. The van der Waals surface area contributed by atoms with Crippen molar-refractivity contribution in [1.29, 1.82) is 0 Å². The predicted molar refractivity (Wildman–Crippen MR) is 88.1 cm³/mol. The number of aryl methyl sites for hydroxylation is 1. The standard InChI is InChI=1S/C16H16ClN5O/c1-10-19-20-15-8-7-14(21-22(10)15)18-13-6-3-9-23-16-11(13)4-2-5-12(16)17/h2,4-5,7-8,13H,3,6,9H2,1H3,(H,18,21). The zero-order valence-electron chi connectivity index (χ0n) is 12.7. The van der Waals surface area contributed by atoms with Crippen LogP contribution in [-0.2, 0) is 0 Å². The van der Waals surface area contributed by atoms with E-state index in [2.05, 4.69) is 20.6 Å². The molecule has 3 aromatic rings. The Labute approximate surface area is 138 Å². The first kappa shape index (κ1) is 14.3. The molecule has 3 heterocycles. The van der Waals surface area contributed by atoms with Gasteiger partial charge in [0.05, 0.1) is 17.7 Å². The molecule has 0 spiro atoms. The maximum absolute atomic E-state index is 6.28. The number of aromatic nitrogens is 4. The van der Waals surface area contributed by atoms with E-state index in [0.717, 1.165) is 41.4 Å². The molecule has 0 saturated carbocycles. The van der Waals surface area contributed by atoms with Crippen molar-refractivity contribution in [3.63, 3.8) is 0 Å². The topological polar surface area (TPSA) is 64.3 Å². The number of rotatable bonds is 2. The van der Waals surface area contributed by atoms with Crippen molar-refractivity contribution in [2.45, 2.75) is 25.8 Å². The fraction of sp³-hybridized carbons (Fsp3) is 0.312. The second-order valence-electron chi connectivity index (χ2n) is 5.58. The molecule has 23 heavy (non-hydrogen) atoms. The Hall–Kier alpha value is -2.34. The molecule has 1 N–H and O–H groups in total. The third kappa shape index (κ3) is 2.59. The number of hydrogen-bond donors (Lipinski definition) is 1. The molecule has 7 heteroatoms. The Morgan fingerprint density at radius 1 is 1.26 bits per heavy atom. The molecule has 1 aromatic carbocycles. The van der Waals surface area contributed by atoms with Gasteiger partial charge in [0.25, 0.3) is 0 Å². The molecule has 0 bridgehead atoms. The summed E-state index contributed by atoms with van der Waals surface area (Å²) in [6.45, 7) is 2.55. The zero-order chi connectivity index (χ0) is 15.8. The molecule has 1 unspecified atom stereocenters. The lowest BCUT2D eigenvalue weighted by Crippen LogP contribution is -2.12. The average Bonchev–Trinajstić information content (AvgIpc) is 2.79. The van der Waals surface area contributed by atoms with Crippen LogP contribution in [0.3, 0.4) is 0 Å². The molecule has 0 saturated heterocycles. The van der Waals surface area contributed by atoms with Crippen molar-refractivity contribution >= 4 is 23.1 Å². The summed E-state index contributed by atoms with van der Waals surface area (Å²) in [4.78, 5) is 0. The quantitative estimate of drug-likeness (QED) is 0.780. The SMILES string of the molecule is Cc1nnc2ccc(NC3CCCOc4c(Cl)cccc43)nn12. The summed E-state index contributed by atoms with van der Waals surface area (Å²) in [5, 5.41) is 16.8. The van der Waals surface area contributed by atoms with Crippen LogP contribution in [0.15, 0.2) is 30.3 Å². The Balaban J connectivity index is 1.70. The molecular formula is C16H16ClN5O. The fourth-order valence-corrected chi connectivity index (χ4v) is 3.11. The predicted octanol–water partition coefficient (Wildman–Crippen LogP) is 3.41. The minimum Gasteiger partial charge on any atom is -0.492 e. The number of hydrogen-bond acceptors (Lipinski definition) is 5. The molecule has 0 fully saturated rings. The van der Waals surface area contributed by atoms with E-state index in [0.29, 0.717) is 11.6 Å². The third-order valence-electron chi connectivity index (χ3n) is 4.00. The first-order valence-corrected chi connectivity index (χ1v) is 7.97. The number of ether oxygens (including phenoxy) is 1. The highest BCUT2D eigenvalue weighted by Crippen LogP contribution is 2.38. The molecule has 2 aromatic heterocycles. The summed E-state index contributed by atoms with van der Waals surface area (Å²) in [6.07, 6.45) is 1.91. The van der Waals surface area contributed by atoms with E-state index in [1.54, 1.807) is 4.52 Å². The normalized spacial score (nSPS) is 17.4. The molecule has 1 aliphatic rings. The number of benzene rings is 1. The van der Waals surface area contributed by atoms with Crippen LogP contribution in [0, 0.1) is 6.92 Å². The van der Waals surface area contributed by atoms with E-state index in [1.165, 1.54) is 0 Å². The summed E-state index contributed by atoms with van der Waals surface area (Å²) < 4.78 is 7.54. The molecule has 0 amide bonds. The smallest absolute Gasteiger partial charge is 0.178 e.